The van der Waals surface area contributed by atoms with Crippen molar-refractivity contribution in [2.75, 3.05) is 24.5 Å². The Morgan fingerprint density at radius 2 is 1.83 bits per heavy atom. The second kappa shape index (κ2) is 8.23. The molecular weight excluding hydrogens is 396 g/mol. The molecule has 1 saturated heterocycles. The molecule has 2 aliphatic rings. The molecule has 0 aliphatic carbocycles. The molecule has 5 rings (SSSR count). The maximum atomic E-state index is 12.9. The maximum absolute atomic E-state index is 12.9. The summed E-state index contributed by atoms with van der Waals surface area (Å²) in [6.45, 7) is 3.42. The fourth-order valence-corrected chi connectivity index (χ4v) is 4.74. The summed E-state index contributed by atoms with van der Waals surface area (Å²) in [4.78, 5) is 26.5. The molecule has 0 unspecified atom stereocenters. The van der Waals surface area contributed by atoms with Gasteiger partial charge >= 0.3 is 0 Å². The van der Waals surface area contributed by atoms with Crippen LogP contribution in [0, 0.1) is 5.92 Å². The average molecular weight is 421 g/mol. The summed E-state index contributed by atoms with van der Waals surface area (Å²) in [6, 6.07) is 14.1. The van der Waals surface area contributed by atoms with Crippen molar-refractivity contribution in [3.63, 3.8) is 0 Å². The lowest BCUT2D eigenvalue weighted by Crippen LogP contribution is -2.39. The van der Waals surface area contributed by atoms with Gasteiger partial charge in [0.25, 0.3) is 0 Å². The van der Waals surface area contributed by atoms with E-state index in [0.29, 0.717) is 23.3 Å². The Morgan fingerprint density at radius 1 is 1.03 bits per heavy atom. The zero-order valence-corrected chi connectivity index (χ0v) is 17.7. The molecule has 1 fully saturated rings. The molecule has 3 heterocycles. The largest absolute Gasteiger partial charge is 0.355 e. The van der Waals surface area contributed by atoms with Crippen molar-refractivity contribution in [3.8, 4) is 0 Å². The molecule has 0 N–H and O–H groups in total. The van der Waals surface area contributed by atoms with Crippen LogP contribution in [0.5, 0.6) is 0 Å². The van der Waals surface area contributed by atoms with Crippen LogP contribution in [-0.2, 0) is 17.8 Å². The molecule has 2 aliphatic heterocycles. The quantitative estimate of drug-likeness (QED) is 0.627. The Bertz CT molecular complexity index is 1080. The summed E-state index contributed by atoms with van der Waals surface area (Å²) in [6.07, 6.45) is 5.46. The molecule has 5 nitrogen and oxygen atoms in total. The molecule has 1 amide bonds. The number of hydrogen-bond donors (Lipinski definition) is 0. The minimum absolute atomic E-state index is 0.297. The van der Waals surface area contributed by atoms with Crippen molar-refractivity contribution in [1.29, 1.82) is 0 Å². The van der Waals surface area contributed by atoms with Crippen LogP contribution in [0.15, 0.2) is 48.7 Å². The van der Waals surface area contributed by atoms with E-state index in [1.165, 1.54) is 11.1 Å². The number of fused-ring (bicyclic) bond motifs is 2. The highest BCUT2D eigenvalue weighted by molar-refractivity contribution is 6.31. The van der Waals surface area contributed by atoms with Gasteiger partial charge in [-0.15, -0.1) is 0 Å². The smallest absolute Gasteiger partial charge is 0.223 e. The first-order valence-corrected chi connectivity index (χ1v) is 11.1. The van der Waals surface area contributed by atoms with Gasteiger partial charge in [-0.1, -0.05) is 35.9 Å². The van der Waals surface area contributed by atoms with E-state index in [0.717, 1.165) is 62.3 Å². The normalized spacial score (nSPS) is 17.2. The Kier molecular flexibility index (Phi) is 5.30. The molecule has 0 saturated carbocycles. The van der Waals surface area contributed by atoms with Crippen molar-refractivity contribution < 1.29 is 4.79 Å². The van der Waals surface area contributed by atoms with Crippen molar-refractivity contribution in [3.05, 3.63) is 64.8 Å². The van der Waals surface area contributed by atoms with Crippen LogP contribution in [0.2, 0.25) is 5.02 Å². The third kappa shape index (κ3) is 3.99. The number of nitrogens with zero attached hydrogens (tertiary/aromatic N) is 4. The molecule has 3 aromatic rings. The van der Waals surface area contributed by atoms with Gasteiger partial charge in [0.05, 0.1) is 17.2 Å². The summed E-state index contributed by atoms with van der Waals surface area (Å²) in [7, 11) is 0. The molecule has 30 heavy (non-hydrogen) atoms. The molecule has 0 bridgehead atoms. The molecular formula is C24H25ClN4O. The first kappa shape index (κ1) is 19.3. The van der Waals surface area contributed by atoms with Crippen LogP contribution in [0.3, 0.4) is 0 Å². The van der Waals surface area contributed by atoms with E-state index in [4.69, 9.17) is 16.6 Å². The molecule has 1 aromatic heterocycles. The zero-order valence-electron chi connectivity index (χ0n) is 16.9. The number of amides is 1. The van der Waals surface area contributed by atoms with E-state index in [9.17, 15) is 4.79 Å². The van der Waals surface area contributed by atoms with Crippen LogP contribution in [0.25, 0.3) is 11.0 Å². The van der Waals surface area contributed by atoms with Crippen LogP contribution in [-0.4, -0.2) is 40.4 Å². The Balaban J connectivity index is 1.17. The summed E-state index contributed by atoms with van der Waals surface area (Å²) in [5.41, 5.74) is 4.35. The third-order valence-corrected chi connectivity index (χ3v) is 6.61. The monoisotopic (exact) mass is 420 g/mol. The molecule has 0 spiro atoms. The number of piperidine rings is 1. The predicted molar refractivity (Wildman–Crippen MR) is 120 cm³/mol. The van der Waals surface area contributed by atoms with Gasteiger partial charge in [-0.2, -0.15) is 0 Å². The van der Waals surface area contributed by atoms with Crippen molar-refractivity contribution in [2.24, 2.45) is 5.92 Å². The lowest BCUT2D eigenvalue weighted by atomic mass is 9.92. The fraction of sp³-hybridized carbons (Fsp3) is 0.375. The van der Waals surface area contributed by atoms with E-state index < -0.39 is 0 Å². The molecule has 0 atom stereocenters. The number of carbonyl (C=O) groups is 1. The highest BCUT2D eigenvalue weighted by atomic mass is 35.5. The van der Waals surface area contributed by atoms with Gasteiger partial charge in [0.1, 0.15) is 5.82 Å². The maximum Gasteiger partial charge on any atom is 0.223 e. The van der Waals surface area contributed by atoms with E-state index in [1.807, 2.05) is 29.3 Å². The van der Waals surface area contributed by atoms with E-state index >= 15 is 0 Å². The summed E-state index contributed by atoms with van der Waals surface area (Å²) < 4.78 is 0. The second-order valence-electron chi connectivity index (χ2n) is 8.33. The highest BCUT2D eigenvalue weighted by Gasteiger charge is 2.26. The first-order chi connectivity index (χ1) is 14.7. The van der Waals surface area contributed by atoms with Crippen molar-refractivity contribution >= 4 is 34.4 Å². The highest BCUT2D eigenvalue weighted by Crippen LogP contribution is 2.27. The van der Waals surface area contributed by atoms with Crippen LogP contribution in [0.1, 0.15) is 30.4 Å². The zero-order chi connectivity index (χ0) is 20.5. The number of rotatable bonds is 3. The van der Waals surface area contributed by atoms with Gasteiger partial charge in [-0.3, -0.25) is 9.78 Å². The third-order valence-electron chi connectivity index (χ3n) is 6.38. The lowest BCUT2D eigenvalue weighted by Gasteiger charge is -2.34. The Labute approximate surface area is 181 Å². The number of aromatic nitrogens is 2. The number of carbonyl (C=O) groups excluding carboxylic acids is 1. The number of halogens is 1. The molecule has 2 aromatic carbocycles. The summed E-state index contributed by atoms with van der Waals surface area (Å²) in [5.74, 6) is 1.64. The van der Waals surface area contributed by atoms with Gasteiger partial charge < -0.3 is 9.80 Å². The van der Waals surface area contributed by atoms with E-state index in [-0.39, 0.29) is 0 Å². The van der Waals surface area contributed by atoms with Gasteiger partial charge in [-0.25, -0.2) is 4.98 Å². The molecule has 0 radical (unpaired) electrons. The van der Waals surface area contributed by atoms with Crippen LogP contribution < -0.4 is 4.90 Å². The Morgan fingerprint density at radius 3 is 2.67 bits per heavy atom. The summed E-state index contributed by atoms with van der Waals surface area (Å²) in [5, 5.41) is 0.673. The topological polar surface area (TPSA) is 49.3 Å². The standard InChI is InChI=1S/C24H25ClN4O/c25-20-5-6-21-22(14-20)26-15-23(27-21)28-10-7-17(8-11-28)13-24(30)29-12-9-18-3-1-2-4-19(18)16-29/h1-6,14-15,17H,7-13,16H2. The number of anilines is 1. The average Bonchev–Trinajstić information content (AvgIpc) is 2.79. The molecule has 6 heteroatoms. The van der Waals surface area contributed by atoms with Crippen LogP contribution >= 0.6 is 11.6 Å². The van der Waals surface area contributed by atoms with Crippen molar-refractivity contribution in [2.45, 2.75) is 32.2 Å². The minimum Gasteiger partial charge on any atom is -0.355 e. The fourth-order valence-electron chi connectivity index (χ4n) is 4.58. The first-order valence-electron chi connectivity index (χ1n) is 10.7. The number of hydrogen-bond acceptors (Lipinski definition) is 4. The predicted octanol–water partition coefficient (Wildman–Crippen LogP) is 4.47. The SMILES string of the molecule is O=C(CC1CCN(c2cnc3cc(Cl)ccc3n2)CC1)N1CCc2ccccc2C1. The number of benzene rings is 2. The van der Waals surface area contributed by atoms with Crippen LogP contribution in [0.4, 0.5) is 5.82 Å². The summed E-state index contributed by atoms with van der Waals surface area (Å²) >= 11 is 6.04. The van der Waals surface area contributed by atoms with E-state index in [2.05, 4.69) is 34.1 Å². The van der Waals surface area contributed by atoms with Gasteiger partial charge in [0.2, 0.25) is 5.91 Å². The second-order valence-corrected chi connectivity index (χ2v) is 8.77. The molecule has 154 valence electrons. The minimum atomic E-state index is 0.297. The van der Waals surface area contributed by atoms with Crippen molar-refractivity contribution in [1.82, 2.24) is 14.9 Å². The van der Waals surface area contributed by atoms with Gasteiger partial charge in [0.15, 0.2) is 0 Å². The Hall–Kier alpha value is -2.66. The lowest BCUT2D eigenvalue weighted by molar-refractivity contribution is -0.133. The van der Waals surface area contributed by atoms with E-state index in [1.54, 1.807) is 0 Å². The van der Waals surface area contributed by atoms with Gasteiger partial charge in [-0.05, 0) is 54.5 Å². The van der Waals surface area contributed by atoms with Gasteiger partial charge in [0, 0.05) is 37.6 Å².